The van der Waals surface area contributed by atoms with Gasteiger partial charge in [0.05, 0.1) is 13.0 Å². The van der Waals surface area contributed by atoms with Gasteiger partial charge >= 0.3 is 6.09 Å². The molecule has 1 heterocycles. The molecular formula is C10H16F2N2O2. The van der Waals surface area contributed by atoms with Crippen molar-refractivity contribution in [1.29, 1.82) is 0 Å². The van der Waals surface area contributed by atoms with Crippen molar-refractivity contribution in [2.45, 2.75) is 38.7 Å². The third kappa shape index (κ3) is 3.08. The number of hydrogen-bond acceptors (Lipinski definition) is 3. The average Bonchev–Trinajstić information content (AvgIpc) is 2.38. The van der Waals surface area contributed by atoms with Crippen molar-refractivity contribution >= 4 is 6.09 Å². The van der Waals surface area contributed by atoms with E-state index < -0.39 is 30.6 Å². The average molecular weight is 234 g/mol. The molecule has 0 bridgehead atoms. The van der Waals surface area contributed by atoms with Crippen molar-refractivity contribution in [1.82, 2.24) is 4.90 Å². The number of allylic oxidation sites excluding steroid dienone is 1. The van der Waals surface area contributed by atoms with Gasteiger partial charge in [0.15, 0.2) is 0 Å². The van der Waals surface area contributed by atoms with Crippen LogP contribution in [0.4, 0.5) is 13.6 Å². The number of nitrogens with two attached hydrogens (primary N) is 1. The zero-order valence-corrected chi connectivity index (χ0v) is 9.59. The molecule has 1 aliphatic heterocycles. The molecule has 4 nitrogen and oxygen atoms in total. The van der Waals surface area contributed by atoms with Gasteiger partial charge in [-0.1, -0.05) is 0 Å². The molecule has 0 aromatic rings. The van der Waals surface area contributed by atoms with Crippen molar-refractivity contribution in [2.75, 3.05) is 6.54 Å². The molecule has 1 rings (SSSR count). The molecule has 0 radical (unpaired) electrons. The van der Waals surface area contributed by atoms with E-state index >= 15 is 0 Å². The normalized spacial score (nSPS) is 22.6. The first-order chi connectivity index (χ1) is 7.14. The highest BCUT2D eigenvalue weighted by atomic mass is 19.3. The SMILES string of the molecule is CC(C)(C)OC(=O)N1CC(F)(F)C/C1=C\N. The fourth-order valence-corrected chi connectivity index (χ4v) is 1.40. The lowest BCUT2D eigenvalue weighted by Crippen LogP contribution is -2.36. The number of rotatable bonds is 0. The second kappa shape index (κ2) is 3.92. The Balaban J connectivity index is 2.77. The third-order valence-electron chi connectivity index (χ3n) is 1.98. The number of nitrogens with zero attached hydrogens (tertiary/aromatic N) is 1. The number of alkyl halides is 2. The van der Waals surface area contributed by atoms with Crippen LogP contribution >= 0.6 is 0 Å². The Hall–Kier alpha value is -1.33. The molecule has 1 saturated heterocycles. The first kappa shape index (κ1) is 12.7. The maximum absolute atomic E-state index is 13.1. The maximum atomic E-state index is 13.1. The molecule has 1 fully saturated rings. The number of carbonyl (C=O) groups is 1. The zero-order valence-electron chi connectivity index (χ0n) is 9.59. The smallest absolute Gasteiger partial charge is 0.414 e. The summed E-state index contributed by atoms with van der Waals surface area (Å²) in [6.45, 7) is 4.34. The van der Waals surface area contributed by atoms with Gasteiger partial charge in [-0.3, -0.25) is 4.90 Å². The highest BCUT2D eigenvalue weighted by Crippen LogP contribution is 2.34. The number of hydrogen-bond donors (Lipinski definition) is 1. The van der Waals surface area contributed by atoms with Crippen molar-refractivity contribution in [3.63, 3.8) is 0 Å². The number of halogens is 2. The molecule has 92 valence electrons. The molecule has 0 saturated carbocycles. The van der Waals surface area contributed by atoms with E-state index in [1.54, 1.807) is 20.8 Å². The molecule has 0 atom stereocenters. The van der Waals surface area contributed by atoms with Crippen LogP contribution in [0.1, 0.15) is 27.2 Å². The lowest BCUT2D eigenvalue weighted by molar-refractivity contribution is -0.00163. The highest BCUT2D eigenvalue weighted by Gasteiger charge is 2.45. The topological polar surface area (TPSA) is 55.6 Å². The van der Waals surface area contributed by atoms with Gasteiger partial charge in [-0.25, -0.2) is 13.6 Å². The summed E-state index contributed by atoms with van der Waals surface area (Å²) in [5, 5.41) is 0. The molecule has 1 aliphatic rings. The second-order valence-corrected chi connectivity index (χ2v) is 4.76. The van der Waals surface area contributed by atoms with Crippen LogP contribution in [-0.4, -0.2) is 29.1 Å². The summed E-state index contributed by atoms with van der Waals surface area (Å²) in [5.74, 6) is -2.93. The Kier molecular flexibility index (Phi) is 3.12. The number of carbonyl (C=O) groups excluding carboxylic acids is 1. The van der Waals surface area contributed by atoms with Gasteiger partial charge in [-0.2, -0.15) is 0 Å². The fourth-order valence-electron chi connectivity index (χ4n) is 1.40. The van der Waals surface area contributed by atoms with Crippen LogP contribution in [-0.2, 0) is 4.74 Å². The van der Waals surface area contributed by atoms with E-state index in [0.29, 0.717) is 0 Å². The molecule has 0 spiro atoms. The van der Waals surface area contributed by atoms with E-state index in [-0.39, 0.29) is 5.70 Å². The van der Waals surface area contributed by atoms with E-state index in [0.717, 1.165) is 11.1 Å². The fraction of sp³-hybridized carbons (Fsp3) is 0.700. The van der Waals surface area contributed by atoms with E-state index in [2.05, 4.69) is 0 Å². The summed E-state index contributed by atoms with van der Waals surface area (Å²) in [5.41, 5.74) is 4.58. The summed E-state index contributed by atoms with van der Waals surface area (Å²) in [6, 6.07) is 0. The number of ether oxygens (including phenoxy) is 1. The molecule has 0 aromatic heterocycles. The molecular weight excluding hydrogens is 218 g/mol. The van der Waals surface area contributed by atoms with Crippen LogP contribution in [0.5, 0.6) is 0 Å². The summed E-state index contributed by atoms with van der Waals surface area (Å²) < 4.78 is 31.2. The molecule has 16 heavy (non-hydrogen) atoms. The number of amides is 1. The van der Waals surface area contributed by atoms with Crippen LogP contribution in [0.15, 0.2) is 11.9 Å². The molecule has 0 aliphatic carbocycles. The van der Waals surface area contributed by atoms with Gasteiger partial charge in [-0.15, -0.1) is 0 Å². The Bertz CT molecular complexity index is 321. The quantitative estimate of drug-likeness (QED) is 0.698. The summed E-state index contributed by atoms with van der Waals surface area (Å²) in [6.07, 6.45) is -0.297. The first-order valence-electron chi connectivity index (χ1n) is 4.94. The lowest BCUT2D eigenvalue weighted by Gasteiger charge is -2.24. The van der Waals surface area contributed by atoms with E-state index in [1.807, 2.05) is 0 Å². The Morgan fingerprint density at radius 2 is 2.12 bits per heavy atom. The minimum Gasteiger partial charge on any atom is -0.443 e. The molecule has 0 aromatic carbocycles. The van der Waals surface area contributed by atoms with Crippen LogP contribution in [0.25, 0.3) is 0 Å². The van der Waals surface area contributed by atoms with Gasteiger partial charge in [0, 0.05) is 11.9 Å². The Labute approximate surface area is 93.0 Å². The van der Waals surface area contributed by atoms with E-state index in [1.165, 1.54) is 0 Å². The summed E-state index contributed by atoms with van der Waals surface area (Å²) in [7, 11) is 0. The van der Waals surface area contributed by atoms with E-state index in [9.17, 15) is 13.6 Å². The minimum absolute atomic E-state index is 0.0965. The van der Waals surface area contributed by atoms with Gasteiger partial charge in [0.1, 0.15) is 5.60 Å². The lowest BCUT2D eigenvalue weighted by atomic mass is 10.2. The third-order valence-corrected chi connectivity index (χ3v) is 1.98. The molecule has 2 N–H and O–H groups in total. The molecule has 0 unspecified atom stereocenters. The van der Waals surface area contributed by atoms with Gasteiger partial charge in [0.25, 0.3) is 5.92 Å². The Morgan fingerprint density at radius 3 is 2.56 bits per heavy atom. The predicted octanol–water partition coefficient (Wildman–Crippen LogP) is 2.06. The predicted molar refractivity (Wildman–Crippen MR) is 54.8 cm³/mol. The molecule has 1 amide bonds. The van der Waals surface area contributed by atoms with Gasteiger partial charge in [-0.05, 0) is 20.8 Å². The van der Waals surface area contributed by atoms with E-state index in [4.69, 9.17) is 10.5 Å². The van der Waals surface area contributed by atoms with Gasteiger partial charge < -0.3 is 10.5 Å². The summed E-state index contributed by atoms with van der Waals surface area (Å²) in [4.78, 5) is 12.5. The summed E-state index contributed by atoms with van der Waals surface area (Å²) >= 11 is 0. The first-order valence-corrected chi connectivity index (χ1v) is 4.94. The van der Waals surface area contributed by atoms with Crippen LogP contribution in [0.2, 0.25) is 0 Å². The second-order valence-electron chi connectivity index (χ2n) is 4.76. The van der Waals surface area contributed by atoms with Crippen LogP contribution < -0.4 is 5.73 Å². The molecule has 6 heteroatoms. The largest absolute Gasteiger partial charge is 0.443 e. The van der Waals surface area contributed by atoms with Crippen LogP contribution in [0.3, 0.4) is 0 Å². The monoisotopic (exact) mass is 234 g/mol. The standard InChI is InChI=1S/C10H16F2N2O2/c1-9(2,3)16-8(15)14-6-10(11,12)4-7(14)5-13/h5H,4,6,13H2,1-3H3/b7-5+. The minimum atomic E-state index is -2.93. The van der Waals surface area contributed by atoms with Crippen molar-refractivity contribution in [3.05, 3.63) is 11.9 Å². The van der Waals surface area contributed by atoms with Crippen LogP contribution in [0, 0.1) is 0 Å². The highest BCUT2D eigenvalue weighted by molar-refractivity contribution is 5.71. The van der Waals surface area contributed by atoms with Crippen molar-refractivity contribution < 1.29 is 18.3 Å². The van der Waals surface area contributed by atoms with Crippen molar-refractivity contribution in [2.24, 2.45) is 5.73 Å². The Morgan fingerprint density at radius 1 is 1.56 bits per heavy atom. The zero-order chi connectivity index (χ0) is 12.6. The number of likely N-dealkylation sites (tertiary alicyclic amines) is 1. The van der Waals surface area contributed by atoms with Crippen molar-refractivity contribution in [3.8, 4) is 0 Å². The van der Waals surface area contributed by atoms with Gasteiger partial charge in [0.2, 0.25) is 0 Å². The maximum Gasteiger partial charge on any atom is 0.414 e.